The molecule has 3 nitrogen and oxygen atoms in total. The smallest absolute Gasteiger partial charge is 0.313 e. The van der Waals surface area contributed by atoms with Crippen LogP contribution < -0.4 is 0 Å². The molecular formula is C15H21NO2. The van der Waals surface area contributed by atoms with Crippen molar-refractivity contribution >= 4 is 5.97 Å². The lowest BCUT2D eigenvalue weighted by molar-refractivity contribution is -0.159. The van der Waals surface area contributed by atoms with Crippen molar-refractivity contribution in [2.45, 2.75) is 26.4 Å². The lowest BCUT2D eigenvalue weighted by Crippen LogP contribution is -2.45. The second-order valence-electron chi connectivity index (χ2n) is 5.46. The van der Waals surface area contributed by atoms with Crippen LogP contribution in [-0.4, -0.2) is 31.0 Å². The van der Waals surface area contributed by atoms with Gasteiger partial charge in [0.25, 0.3) is 0 Å². The van der Waals surface area contributed by atoms with Crippen molar-refractivity contribution < 1.29 is 9.53 Å². The second kappa shape index (κ2) is 5.53. The minimum absolute atomic E-state index is 0.0714. The van der Waals surface area contributed by atoms with E-state index in [1.807, 2.05) is 37.3 Å². The highest BCUT2D eigenvalue weighted by Crippen LogP contribution is 2.30. The van der Waals surface area contributed by atoms with Crippen LogP contribution in [0.15, 0.2) is 30.3 Å². The molecular weight excluding hydrogens is 226 g/mol. The van der Waals surface area contributed by atoms with Gasteiger partial charge in [-0.1, -0.05) is 30.3 Å². The summed E-state index contributed by atoms with van der Waals surface area (Å²) in [5, 5.41) is 0. The van der Waals surface area contributed by atoms with Crippen molar-refractivity contribution in [2.24, 2.45) is 5.41 Å². The van der Waals surface area contributed by atoms with E-state index in [4.69, 9.17) is 4.74 Å². The monoisotopic (exact) mass is 247 g/mol. The molecule has 0 aromatic heterocycles. The molecule has 0 spiro atoms. The van der Waals surface area contributed by atoms with Gasteiger partial charge in [0.15, 0.2) is 0 Å². The van der Waals surface area contributed by atoms with Crippen molar-refractivity contribution in [1.82, 2.24) is 4.90 Å². The van der Waals surface area contributed by atoms with Crippen molar-refractivity contribution in [3.05, 3.63) is 35.9 Å². The van der Waals surface area contributed by atoms with E-state index in [1.54, 1.807) is 0 Å². The number of likely N-dealkylation sites (tertiary alicyclic amines) is 1. The zero-order chi connectivity index (χ0) is 13.0. The van der Waals surface area contributed by atoms with E-state index in [0.717, 1.165) is 31.5 Å². The van der Waals surface area contributed by atoms with E-state index in [-0.39, 0.29) is 11.4 Å². The topological polar surface area (TPSA) is 29.5 Å². The average Bonchev–Trinajstić information content (AvgIpc) is 2.37. The first kappa shape index (κ1) is 13.1. The molecule has 98 valence electrons. The zero-order valence-corrected chi connectivity index (χ0v) is 11.2. The van der Waals surface area contributed by atoms with Gasteiger partial charge in [0.05, 0.1) is 5.41 Å². The van der Waals surface area contributed by atoms with Crippen LogP contribution in [0.4, 0.5) is 0 Å². The lowest BCUT2D eigenvalue weighted by atomic mass is 9.82. The first-order valence-corrected chi connectivity index (χ1v) is 6.50. The first-order valence-electron chi connectivity index (χ1n) is 6.50. The summed E-state index contributed by atoms with van der Waals surface area (Å²) in [5.41, 5.74) is 0.695. The molecule has 0 bridgehead atoms. The molecule has 1 heterocycles. The fourth-order valence-corrected chi connectivity index (χ4v) is 2.56. The van der Waals surface area contributed by atoms with Crippen molar-refractivity contribution in [3.63, 3.8) is 0 Å². The molecule has 18 heavy (non-hydrogen) atoms. The van der Waals surface area contributed by atoms with Crippen LogP contribution in [-0.2, 0) is 16.1 Å². The molecule has 0 saturated carbocycles. The molecule has 1 aromatic rings. The van der Waals surface area contributed by atoms with Crippen LogP contribution in [0.5, 0.6) is 0 Å². The van der Waals surface area contributed by atoms with Crippen LogP contribution in [0.3, 0.4) is 0 Å². The van der Waals surface area contributed by atoms with Crippen LogP contribution in [0.2, 0.25) is 0 Å². The van der Waals surface area contributed by atoms with E-state index in [2.05, 4.69) is 11.9 Å². The number of carbonyl (C=O) groups excluding carboxylic acids is 1. The zero-order valence-electron chi connectivity index (χ0n) is 11.2. The molecule has 1 fully saturated rings. The molecule has 1 saturated heterocycles. The van der Waals surface area contributed by atoms with E-state index >= 15 is 0 Å². The van der Waals surface area contributed by atoms with Crippen molar-refractivity contribution in [1.29, 1.82) is 0 Å². The average molecular weight is 247 g/mol. The summed E-state index contributed by atoms with van der Waals surface area (Å²) in [6, 6.07) is 9.83. The van der Waals surface area contributed by atoms with Gasteiger partial charge in [-0.25, -0.2) is 0 Å². The Morgan fingerprint density at radius 1 is 1.39 bits per heavy atom. The van der Waals surface area contributed by atoms with Crippen LogP contribution in [0, 0.1) is 5.41 Å². The third kappa shape index (κ3) is 3.10. The minimum atomic E-state index is -0.345. The molecule has 1 aromatic carbocycles. The standard InChI is InChI=1S/C15H21NO2/c1-15(9-6-10-16(2)12-15)14(17)18-11-13-7-4-3-5-8-13/h3-5,7-8H,6,9-12H2,1-2H3. The Bertz CT molecular complexity index is 404. The van der Waals surface area contributed by atoms with Gasteiger partial charge in [0, 0.05) is 6.54 Å². The van der Waals surface area contributed by atoms with E-state index in [1.165, 1.54) is 0 Å². The lowest BCUT2D eigenvalue weighted by Gasteiger charge is -2.36. The molecule has 1 atom stereocenters. The molecule has 0 radical (unpaired) electrons. The Morgan fingerprint density at radius 2 is 2.11 bits per heavy atom. The fraction of sp³-hybridized carbons (Fsp3) is 0.533. The maximum atomic E-state index is 12.2. The molecule has 0 amide bonds. The largest absolute Gasteiger partial charge is 0.460 e. The Balaban J connectivity index is 1.91. The third-order valence-electron chi connectivity index (χ3n) is 3.59. The number of piperidine rings is 1. The van der Waals surface area contributed by atoms with Crippen LogP contribution in [0.1, 0.15) is 25.3 Å². The van der Waals surface area contributed by atoms with Crippen molar-refractivity contribution in [3.8, 4) is 0 Å². The van der Waals surface area contributed by atoms with E-state index in [0.29, 0.717) is 6.61 Å². The molecule has 0 N–H and O–H groups in total. The number of benzene rings is 1. The quantitative estimate of drug-likeness (QED) is 0.768. The highest BCUT2D eigenvalue weighted by molar-refractivity contribution is 5.76. The Hall–Kier alpha value is -1.35. The van der Waals surface area contributed by atoms with Gasteiger partial charge in [-0.05, 0) is 38.9 Å². The van der Waals surface area contributed by atoms with Gasteiger partial charge in [-0.3, -0.25) is 4.79 Å². The van der Waals surface area contributed by atoms with Gasteiger partial charge < -0.3 is 9.64 Å². The highest BCUT2D eigenvalue weighted by atomic mass is 16.5. The summed E-state index contributed by atoms with van der Waals surface area (Å²) in [7, 11) is 2.06. The Labute approximate surface area is 109 Å². The predicted molar refractivity (Wildman–Crippen MR) is 71.1 cm³/mol. The van der Waals surface area contributed by atoms with Gasteiger partial charge in [0.2, 0.25) is 0 Å². The summed E-state index contributed by atoms with van der Waals surface area (Å²) >= 11 is 0. The molecule has 1 aliphatic rings. The second-order valence-corrected chi connectivity index (χ2v) is 5.46. The maximum absolute atomic E-state index is 12.2. The Morgan fingerprint density at radius 3 is 2.78 bits per heavy atom. The number of carbonyl (C=O) groups is 1. The summed E-state index contributed by atoms with van der Waals surface area (Å²) in [4.78, 5) is 14.4. The molecule has 2 rings (SSSR count). The van der Waals surface area contributed by atoms with E-state index in [9.17, 15) is 4.79 Å². The van der Waals surface area contributed by atoms with Gasteiger partial charge in [-0.2, -0.15) is 0 Å². The number of rotatable bonds is 3. The van der Waals surface area contributed by atoms with E-state index < -0.39 is 0 Å². The number of hydrogen-bond acceptors (Lipinski definition) is 3. The van der Waals surface area contributed by atoms with Gasteiger partial charge >= 0.3 is 5.97 Å². The SMILES string of the molecule is CN1CCCC(C)(C(=O)OCc2ccccc2)C1. The number of nitrogens with zero attached hydrogens (tertiary/aromatic N) is 1. The van der Waals surface area contributed by atoms with Crippen LogP contribution >= 0.6 is 0 Å². The summed E-state index contributed by atoms with van der Waals surface area (Å²) < 4.78 is 5.45. The van der Waals surface area contributed by atoms with Crippen LogP contribution in [0.25, 0.3) is 0 Å². The van der Waals surface area contributed by atoms with Gasteiger partial charge in [-0.15, -0.1) is 0 Å². The minimum Gasteiger partial charge on any atom is -0.460 e. The molecule has 1 unspecified atom stereocenters. The third-order valence-corrected chi connectivity index (χ3v) is 3.59. The fourth-order valence-electron chi connectivity index (χ4n) is 2.56. The molecule has 1 aliphatic heterocycles. The maximum Gasteiger partial charge on any atom is 0.313 e. The normalized spacial score (nSPS) is 24.8. The molecule has 0 aliphatic carbocycles. The Kier molecular flexibility index (Phi) is 4.02. The predicted octanol–water partition coefficient (Wildman–Crippen LogP) is 2.46. The number of esters is 1. The summed E-state index contributed by atoms with van der Waals surface area (Å²) in [5.74, 6) is -0.0714. The number of hydrogen-bond donors (Lipinski definition) is 0. The first-order chi connectivity index (χ1) is 8.60. The summed E-state index contributed by atoms with van der Waals surface area (Å²) in [6.45, 7) is 4.25. The highest BCUT2D eigenvalue weighted by Gasteiger charge is 2.38. The number of ether oxygens (including phenoxy) is 1. The summed E-state index contributed by atoms with van der Waals surface area (Å²) in [6.07, 6.45) is 1.98. The van der Waals surface area contributed by atoms with Gasteiger partial charge in [0.1, 0.15) is 6.61 Å². The molecule has 3 heteroatoms. The van der Waals surface area contributed by atoms with Crippen molar-refractivity contribution in [2.75, 3.05) is 20.1 Å².